The summed E-state index contributed by atoms with van der Waals surface area (Å²) in [7, 11) is 1.72. The molecule has 0 bridgehead atoms. The summed E-state index contributed by atoms with van der Waals surface area (Å²) in [4.78, 5) is 2.51. The molecule has 144 valence electrons. The lowest BCUT2D eigenvalue weighted by molar-refractivity contribution is 0.0650. The van der Waals surface area contributed by atoms with Gasteiger partial charge in [0.15, 0.2) is 0 Å². The average molecular weight is 367 g/mol. The summed E-state index contributed by atoms with van der Waals surface area (Å²) < 4.78 is 11.0. The van der Waals surface area contributed by atoms with E-state index in [2.05, 4.69) is 46.6 Å². The van der Waals surface area contributed by atoms with Crippen LogP contribution in [0.25, 0.3) is 11.1 Å². The molecule has 4 rings (SSSR count). The summed E-state index contributed by atoms with van der Waals surface area (Å²) in [6, 6.07) is 18.3. The Labute approximate surface area is 162 Å². The molecule has 2 aliphatic rings. The SMILES string of the molecule is COc1cccc(-c2cccc(N3CCC(NC4CCCOC4)CC3)c2)c1. The van der Waals surface area contributed by atoms with Crippen molar-refractivity contribution < 1.29 is 9.47 Å². The van der Waals surface area contributed by atoms with Crippen molar-refractivity contribution in [2.75, 3.05) is 38.3 Å². The Morgan fingerprint density at radius 1 is 0.963 bits per heavy atom. The fraction of sp³-hybridized carbons (Fsp3) is 0.478. The van der Waals surface area contributed by atoms with Gasteiger partial charge in [0.05, 0.1) is 13.7 Å². The molecular weight excluding hydrogens is 336 g/mol. The summed E-state index contributed by atoms with van der Waals surface area (Å²) in [5.74, 6) is 0.900. The Balaban J connectivity index is 1.38. The number of ether oxygens (including phenoxy) is 2. The molecule has 0 saturated carbocycles. The first kappa shape index (κ1) is 18.3. The maximum atomic E-state index is 5.60. The Morgan fingerprint density at radius 3 is 2.48 bits per heavy atom. The minimum absolute atomic E-state index is 0.548. The molecule has 2 aromatic rings. The second kappa shape index (κ2) is 8.77. The minimum atomic E-state index is 0.548. The van der Waals surface area contributed by atoms with E-state index in [0.717, 1.165) is 32.1 Å². The second-order valence-electron chi connectivity index (χ2n) is 7.62. The molecule has 2 fully saturated rings. The topological polar surface area (TPSA) is 33.7 Å². The van der Waals surface area contributed by atoms with E-state index in [4.69, 9.17) is 9.47 Å². The molecule has 2 aliphatic heterocycles. The van der Waals surface area contributed by atoms with Gasteiger partial charge in [-0.05, 0) is 61.1 Å². The first-order chi connectivity index (χ1) is 13.3. The molecule has 1 atom stereocenters. The third kappa shape index (κ3) is 4.63. The standard InChI is InChI=1S/C23H30N2O2/c1-26-23-9-3-6-19(16-23)18-5-2-8-22(15-18)25-12-10-20(11-13-25)24-21-7-4-14-27-17-21/h2-3,5-6,8-9,15-16,20-21,24H,4,7,10-14,17H2,1H3. The Hall–Kier alpha value is -2.04. The lowest BCUT2D eigenvalue weighted by atomic mass is 10.00. The van der Waals surface area contributed by atoms with Crippen molar-refractivity contribution in [2.45, 2.75) is 37.8 Å². The number of rotatable bonds is 5. The van der Waals surface area contributed by atoms with Crippen LogP contribution in [0.5, 0.6) is 5.75 Å². The largest absolute Gasteiger partial charge is 0.497 e. The van der Waals surface area contributed by atoms with Gasteiger partial charge in [-0.25, -0.2) is 0 Å². The first-order valence-corrected chi connectivity index (χ1v) is 10.1. The Bertz CT molecular complexity index is 735. The van der Waals surface area contributed by atoms with Crippen LogP contribution in [-0.2, 0) is 4.74 Å². The van der Waals surface area contributed by atoms with Gasteiger partial charge in [-0.1, -0.05) is 24.3 Å². The van der Waals surface area contributed by atoms with Gasteiger partial charge in [0.25, 0.3) is 0 Å². The minimum Gasteiger partial charge on any atom is -0.497 e. The van der Waals surface area contributed by atoms with Gasteiger partial charge < -0.3 is 19.7 Å². The normalized spacial score (nSPS) is 21.2. The molecule has 0 aromatic heterocycles. The average Bonchev–Trinajstić information content (AvgIpc) is 2.75. The van der Waals surface area contributed by atoms with Gasteiger partial charge in [0.2, 0.25) is 0 Å². The highest BCUT2D eigenvalue weighted by Gasteiger charge is 2.23. The third-order valence-electron chi connectivity index (χ3n) is 5.74. The van der Waals surface area contributed by atoms with E-state index in [-0.39, 0.29) is 0 Å². The van der Waals surface area contributed by atoms with Crippen molar-refractivity contribution in [3.8, 4) is 16.9 Å². The number of methoxy groups -OCH3 is 1. The summed E-state index contributed by atoms with van der Waals surface area (Å²) in [6.07, 6.45) is 4.83. The first-order valence-electron chi connectivity index (χ1n) is 10.1. The van der Waals surface area contributed by atoms with Gasteiger partial charge in [-0.3, -0.25) is 0 Å². The summed E-state index contributed by atoms with van der Waals surface area (Å²) in [5.41, 5.74) is 3.76. The molecule has 1 N–H and O–H groups in total. The summed E-state index contributed by atoms with van der Waals surface area (Å²) in [6.45, 7) is 4.02. The van der Waals surface area contributed by atoms with Gasteiger partial charge in [0, 0.05) is 37.5 Å². The van der Waals surface area contributed by atoms with E-state index in [1.807, 2.05) is 12.1 Å². The lowest BCUT2D eigenvalue weighted by Gasteiger charge is -2.36. The quantitative estimate of drug-likeness (QED) is 0.864. The van der Waals surface area contributed by atoms with E-state index in [0.29, 0.717) is 12.1 Å². The van der Waals surface area contributed by atoms with Crippen LogP contribution in [0.2, 0.25) is 0 Å². The molecule has 0 spiro atoms. The fourth-order valence-electron chi connectivity index (χ4n) is 4.19. The molecule has 2 heterocycles. The van der Waals surface area contributed by atoms with Crippen LogP contribution in [0.3, 0.4) is 0 Å². The number of anilines is 1. The smallest absolute Gasteiger partial charge is 0.119 e. The van der Waals surface area contributed by atoms with E-state index < -0.39 is 0 Å². The predicted molar refractivity (Wildman–Crippen MR) is 111 cm³/mol. The summed E-state index contributed by atoms with van der Waals surface area (Å²) in [5, 5.41) is 3.81. The van der Waals surface area contributed by atoms with Crippen LogP contribution >= 0.6 is 0 Å². The van der Waals surface area contributed by atoms with Crippen LogP contribution < -0.4 is 15.0 Å². The van der Waals surface area contributed by atoms with E-state index in [1.54, 1.807) is 7.11 Å². The zero-order valence-electron chi connectivity index (χ0n) is 16.2. The third-order valence-corrected chi connectivity index (χ3v) is 5.74. The van der Waals surface area contributed by atoms with Gasteiger partial charge in [-0.2, -0.15) is 0 Å². The fourth-order valence-corrected chi connectivity index (χ4v) is 4.19. The molecule has 4 heteroatoms. The molecule has 2 aromatic carbocycles. The van der Waals surface area contributed by atoms with Crippen molar-refractivity contribution in [2.24, 2.45) is 0 Å². The zero-order valence-corrected chi connectivity index (χ0v) is 16.2. The van der Waals surface area contributed by atoms with Crippen molar-refractivity contribution >= 4 is 5.69 Å². The maximum Gasteiger partial charge on any atom is 0.119 e. The van der Waals surface area contributed by atoms with Crippen molar-refractivity contribution in [1.29, 1.82) is 0 Å². The van der Waals surface area contributed by atoms with Crippen molar-refractivity contribution in [3.63, 3.8) is 0 Å². The van der Waals surface area contributed by atoms with Crippen LogP contribution in [0.4, 0.5) is 5.69 Å². The molecule has 2 saturated heterocycles. The molecule has 0 radical (unpaired) electrons. The number of hydrogen-bond donors (Lipinski definition) is 1. The summed E-state index contributed by atoms with van der Waals surface area (Å²) >= 11 is 0. The van der Waals surface area contributed by atoms with Gasteiger partial charge >= 0.3 is 0 Å². The highest BCUT2D eigenvalue weighted by Crippen LogP contribution is 2.29. The molecule has 0 aliphatic carbocycles. The number of nitrogens with one attached hydrogen (secondary N) is 1. The molecule has 4 nitrogen and oxygen atoms in total. The van der Waals surface area contributed by atoms with E-state index in [1.165, 1.54) is 42.5 Å². The van der Waals surface area contributed by atoms with Gasteiger partial charge in [-0.15, -0.1) is 0 Å². The van der Waals surface area contributed by atoms with Crippen LogP contribution in [-0.4, -0.2) is 45.5 Å². The highest BCUT2D eigenvalue weighted by molar-refractivity contribution is 5.69. The number of nitrogens with zero attached hydrogens (tertiary/aromatic N) is 1. The van der Waals surface area contributed by atoms with Crippen LogP contribution in [0.15, 0.2) is 48.5 Å². The van der Waals surface area contributed by atoms with Crippen LogP contribution in [0, 0.1) is 0 Å². The monoisotopic (exact) mass is 366 g/mol. The molecule has 27 heavy (non-hydrogen) atoms. The number of benzene rings is 2. The molecule has 1 unspecified atom stereocenters. The second-order valence-corrected chi connectivity index (χ2v) is 7.62. The van der Waals surface area contributed by atoms with E-state index >= 15 is 0 Å². The van der Waals surface area contributed by atoms with Gasteiger partial charge in [0.1, 0.15) is 5.75 Å². The number of piperidine rings is 1. The van der Waals surface area contributed by atoms with E-state index in [9.17, 15) is 0 Å². The molecule has 0 amide bonds. The Kier molecular flexibility index (Phi) is 5.95. The van der Waals surface area contributed by atoms with Crippen LogP contribution in [0.1, 0.15) is 25.7 Å². The molecular formula is C23H30N2O2. The highest BCUT2D eigenvalue weighted by atomic mass is 16.5. The zero-order chi connectivity index (χ0) is 18.5. The maximum absolute atomic E-state index is 5.60. The number of hydrogen-bond acceptors (Lipinski definition) is 4. The predicted octanol–water partition coefficient (Wildman–Crippen LogP) is 4.10. The van der Waals surface area contributed by atoms with Crippen molar-refractivity contribution in [3.05, 3.63) is 48.5 Å². The van der Waals surface area contributed by atoms with Crippen molar-refractivity contribution in [1.82, 2.24) is 5.32 Å². The lowest BCUT2D eigenvalue weighted by Crippen LogP contribution is -2.48. The Morgan fingerprint density at radius 2 is 1.74 bits per heavy atom.